The van der Waals surface area contributed by atoms with Gasteiger partial charge in [-0.3, -0.25) is 4.79 Å². The van der Waals surface area contributed by atoms with Crippen LogP contribution in [0.25, 0.3) is 22.2 Å². The number of nitrogens with one attached hydrogen (secondary N) is 1. The zero-order chi connectivity index (χ0) is 16.5. The van der Waals surface area contributed by atoms with E-state index in [2.05, 4.69) is 22.0 Å². The number of halogens is 1. The summed E-state index contributed by atoms with van der Waals surface area (Å²) in [6, 6.07) is 15.8. The summed E-state index contributed by atoms with van der Waals surface area (Å²) in [5, 5.41) is 0.871. The molecule has 0 radical (unpaired) electrons. The maximum absolute atomic E-state index is 12.5. The van der Waals surface area contributed by atoms with Crippen LogP contribution in [0.1, 0.15) is 19.3 Å². The van der Waals surface area contributed by atoms with Gasteiger partial charge in [-0.15, -0.1) is 0 Å². The summed E-state index contributed by atoms with van der Waals surface area (Å²) in [6.07, 6.45) is 3.83. The predicted molar refractivity (Wildman–Crippen MR) is 101 cm³/mol. The summed E-state index contributed by atoms with van der Waals surface area (Å²) < 4.78 is 0. The fourth-order valence-electron chi connectivity index (χ4n) is 3.40. The number of hydrogen-bond donors (Lipinski definition) is 1. The van der Waals surface area contributed by atoms with Crippen LogP contribution in [-0.4, -0.2) is 18.1 Å². The lowest BCUT2D eigenvalue weighted by atomic mass is 10.1. The highest BCUT2D eigenvalue weighted by molar-refractivity contribution is 6.33. The van der Waals surface area contributed by atoms with Crippen molar-refractivity contribution in [2.24, 2.45) is 0 Å². The molecule has 24 heavy (non-hydrogen) atoms. The largest absolute Gasteiger partial charge is 0.372 e. The Morgan fingerprint density at radius 3 is 2.38 bits per heavy atom. The average Bonchev–Trinajstić information content (AvgIpc) is 2.66. The van der Waals surface area contributed by atoms with E-state index in [9.17, 15) is 4.79 Å². The molecule has 0 unspecified atom stereocenters. The predicted octanol–water partition coefficient (Wildman–Crippen LogP) is 4.84. The van der Waals surface area contributed by atoms with Crippen molar-refractivity contribution in [2.75, 3.05) is 18.0 Å². The monoisotopic (exact) mass is 338 g/mol. The van der Waals surface area contributed by atoms with E-state index in [4.69, 9.17) is 11.6 Å². The second kappa shape index (κ2) is 6.33. The summed E-state index contributed by atoms with van der Waals surface area (Å²) >= 11 is 6.34. The normalized spacial score (nSPS) is 15.0. The zero-order valence-corrected chi connectivity index (χ0v) is 14.1. The molecule has 0 atom stereocenters. The van der Waals surface area contributed by atoms with Crippen molar-refractivity contribution in [1.82, 2.24) is 4.98 Å². The number of hydrogen-bond acceptors (Lipinski definition) is 2. The third-order valence-corrected chi connectivity index (χ3v) is 5.09. The van der Waals surface area contributed by atoms with Crippen molar-refractivity contribution in [3.63, 3.8) is 0 Å². The van der Waals surface area contributed by atoms with E-state index in [0.29, 0.717) is 11.1 Å². The van der Waals surface area contributed by atoms with Gasteiger partial charge >= 0.3 is 0 Å². The Morgan fingerprint density at radius 2 is 1.62 bits per heavy atom. The Hall–Kier alpha value is -2.26. The molecule has 2 aromatic carbocycles. The molecule has 1 saturated heterocycles. The minimum Gasteiger partial charge on any atom is -0.372 e. The van der Waals surface area contributed by atoms with Crippen molar-refractivity contribution in [3.05, 3.63) is 63.8 Å². The molecule has 0 amide bonds. The number of nitrogens with zero attached hydrogens (tertiary/aromatic N) is 1. The van der Waals surface area contributed by atoms with Crippen molar-refractivity contribution >= 4 is 28.2 Å². The van der Waals surface area contributed by atoms with E-state index in [1.165, 1.54) is 24.9 Å². The van der Waals surface area contributed by atoms with E-state index in [0.717, 1.165) is 24.2 Å². The van der Waals surface area contributed by atoms with Gasteiger partial charge in [0.1, 0.15) is 5.02 Å². The maximum atomic E-state index is 12.5. The van der Waals surface area contributed by atoms with Gasteiger partial charge in [-0.1, -0.05) is 35.9 Å². The molecule has 4 heteroatoms. The molecule has 1 fully saturated rings. The van der Waals surface area contributed by atoms with E-state index in [1.54, 1.807) is 6.07 Å². The number of aromatic nitrogens is 1. The van der Waals surface area contributed by atoms with Gasteiger partial charge in [0, 0.05) is 29.7 Å². The number of anilines is 1. The molecule has 0 aliphatic carbocycles. The fourth-order valence-corrected chi connectivity index (χ4v) is 3.66. The molecule has 0 spiro atoms. The van der Waals surface area contributed by atoms with Gasteiger partial charge < -0.3 is 9.88 Å². The highest BCUT2D eigenvalue weighted by Crippen LogP contribution is 2.28. The first kappa shape index (κ1) is 15.3. The highest BCUT2D eigenvalue weighted by Gasteiger charge is 2.14. The van der Waals surface area contributed by atoms with Gasteiger partial charge in [-0.25, -0.2) is 0 Å². The standard InChI is InChI=1S/C20H19ClN2O/c21-18-19(22-17-7-3-2-6-16(17)20(18)24)14-8-10-15(11-9-14)23-12-4-1-5-13-23/h2-3,6-11H,1,4-5,12-13H2,(H,22,24). The van der Waals surface area contributed by atoms with Gasteiger partial charge in [-0.2, -0.15) is 0 Å². The molecular formula is C20H19ClN2O. The maximum Gasteiger partial charge on any atom is 0.208 e. The molecule has 4 rings (SSSR count). The van der Waals surface area contributed by atoms with Crippen molar-refractivity contribution < 1.29 is 0 Å². The number of rotatable bonds is 2. The number of fused-ring (bicyclic) bond motifs is 1. The summed E-state index contributed by atoms with van der Waals surface area (Å²) in [5.41, 5.74) is 3.54. The molecule has 1 N–H and O–H groups in total. The Morgan fingerprint density at radius 1 is 0.917 bits per heavy atom. The summed E-state index contributed by atoms with van der Waals surface area (Å²) in [5.74, 6) is 0. The molecular weight excluding hydrogens is 320 g/mol. The first-order valence-corrected chi connectivity index (χ1v) is 8.78. The van der Waals surface area contributed by atoms with Crippen LogP contribution in [0.5, 0.6) is 0 Å². The topological polar surface area (TPSA) is 36.1 Å². The zero-order valence-electron chi connectivity index (χ0n) is 13.4. The quantitative estimate of drug-likeness (QED) is 0.725. The van der Waals surface area contributed by atoms with Crippen LogP contribution in [-0.2, 0) is 0 Å². The van der Waals surface area contributed by atoms with E-state index in [1.807, 2.05) is 30.3 Å². The lowest BCUT2D eigenvalue weighted by Crippen LogP contribution is -2.29. The van der Waals surface area contributed by atoms with E-state index < -0.39 is 0 Å². The van der Waals surface area contributed by atoms with E-state index >= 15 is 0 Å². The molecule has 1 aromatic heterocycles. The van der Waals surface area contributed by atoms with Crippen LogP contribution in [0.15, 0.2) is 53.3 Å². The molecule has 0 saturated carbocycles. The first-order valence-electron chi connectivity index (χ1n) is 8.40. The molecule has 3 aromatic rings. The first-order chi connectivity index (χ1) is 11.7. The molecule has 122 valence electrons. The van der Waals surface area contributed by atoms with Crippen molar-refractivity contribution in [3.8, 4) is 11.3 Å². The number of aromatic amines is 1. The Bertz CT molecular complexity index is 925. The van der Waals surface area contributed by atoms with Crippen molar-refractivity contribution in [1.29, 1.82) is 0 Å². The number of pyridine rings is 1. The number of H-pyrrole nitrogens is 1. The third kappa shape index (κ3) is 2.69. The Kier molecular flexibility index (Phi) is 4.03. The highest BCUT2D eigenvalue weighted by atomic mass is 35.5. The SMILES string of the molecule is O=c1c(Cl)c(-c2ccc(N3CCCCC3)cc2)[nH]c2ccccc12. The third-order valence-electron chi connectivity index (χ3n) is 4.73. The van der Waals surface area contributed by atoms with Gasteiger partial charge in [0.25, 0.3) is 0 Å². The fraction of sp³-hybridized carbons (Fsp3) is 0.250. The number of benzene rings is 2. The van der Waals surface area contributed by atoms with Gasteiger partial charge in [0.2, 0.25) is 5.43 Å². The summed E-state index contributed by atoms with van der Waals surface area (Å²) in [4.78, 5) is 18.2. The Labute approximate surface area is 145 Å². The Balaban J connectivity index is 1.74. The number of para-hydroxylation sites is 1. The second-order valence-corrected chi connectivity index (χ2v) is 6.66. The average molecular weight is 339 g/mol. The molecule has 1 aliphatic heterocycles. The van der Waals surface area contributed by atoms with Crippen LogP contribution in [0.3, 0.4) is 0 Å². The van der Waals surface area contributed by atoms with Crippen LogP contribution in [0, 0.1) is 0 Å². The molecule has 3 nitrogen and oxygen atoms in total. The van der Waals surface area contributed by atoms with Crippen LogP contribution in [0.2, 0.25) is 5.02 Å². The molecule has 2 heterocycles. The molecule has 0 bridgehead atoms. The smallest absolute Gasteiger partial charge is 0.208 e. The van der Waals surface area contributed by atoms with Crippen LogP contribution >= 0.6 is 11.6 Å². The van der Waals surface area contributed by atoms with Gasteiger partial charge in [-0.05, 0) is 49.1 Å². The minimum atomic E-state index is -0.124. The van der Waals surface area contributed by atoms with Crippen LogP contribution < -0.4 is 10.3 Å². The summed E-state index contributed by atoms with van der Waals surface area (Å²) in [7, 11) is 0. The number of piperidine rings is 1. The second-order valence-electron chi connectivity index (χ2n) is 6.28. The summed E-state index contributed by atoms with van der Waals surface area (Å²) in [6.45, 7) is 2.24. The molecule has 1 aliphatic rings. The van der Waals surface area contributed by atoms with Crippen molar-refractivity contribution in [2.45, 2.75) is 19.3 Å². The van der Waals surface area contributed by atoms with Gasteiger partial charge in [0.05, 0.1) is 5.69 Å². The van der Waals surface area contributed by atoms with Crippen LogP contribution in [0.4, 0.5) is 5.69 Å². The van der Waals surface area contributed by atoms with Gasteiger partial charge in [0.15, 0.2) is 0 Å². The lowest BCUT2D eigenvalue weighted by Gasteiger charge is -2.28. The van der Waals surface area contributed by atoms with E-state index in [-0.39, 0.29) is 10.5 Å². The minimum absolute atomic E-state index is 0.124. The lowest BCUT2D eigenvalue weighted by molar-refractivity contribution is 0.578.